The number of aromatic nitrogens is 5. The maximum Gasteiger partial charge on any atom is 0.246 e. The van der Waals surface area contributed by atoms with Gasteiger partial charge < -0.3 is 16.0 Å². The summed E-state index contributed by atoms with van der Waals surface area (Å²) in [5.74, 6) is 0.807. The van der Waals surface area contributed by atoms with Gasteiger partial charge in [0.2, 0.25) is 22.2 Å². The molecule has 0 aliphatic carbocycles. The zero-order valence-electron chi connectivity index (χ0n) is 11.6. The molecule has 3 N–H and O–H groups in total. The topological polar surface area (TPSA) is 97.8 Å². The Labute approximate surface area is 125 Å². The number of para-hydroxylation sites is 1. The zero-order chi connectivity index (χ0) is 14.8. The van der Waals surface area contributed by atoms with Crippen molar-refractivity contribution in [2.24, 2.45) is 0 Å². The van der Waals surface area contributed by atoms with E-state index in [0.29, 0.717) is 16.2 Å². The van der Waals surface area contributed by atoms with Crippen molar-refractivity contribution in [3.8, 4) is 5.13 Å². The molecule has 0 bridgehead atoms. The van der Waals surface area contributed by atoms with Gasteiger partial charge in [0.05, 0.1) is 0 Å². The third-order valence-corrected chi connectivity index (χ3v) is 3.46. The van der Waals surface area contributed by atoms with Gasteiger partial charge >= 0.3 is 0 Å². The molecule has 3 rings (SSSR count). The molecule has 2 aromatic heterocycles. The van der Waals surface area contributed by atoms with Gasteiger partial charge in [-0.25, -0.2) is 0 Å². The van der Waals surface area contributed by atoms with E-state index in [9.17, 15) is 0 Å². The largest absolute Gasteiger partial charge is 0.368 e. The second-order valence-electron chi connectivity index (χ2n) is 4.46. The first-order valence-electron chi connectivity index (χ1n) is 6.19. The number of hydrogen-bond donors (Lipinski definition) is 2. The molecule has 0 aliphatic heterocycles. The lowest BCUT2D eigenvalue weighted by Crippen LogP contribution is -2.10. The lowest BCUT2D eigenvalue weighted by molar-refractivity contribution is 0.846. The third kappa shape index (κ3) is 2.77. The second kappa shape index (κ2) is 5.37. The van der Waals surface area contributed by atoms with Crippen molar-refractivity contribution in [3.05, 3.63) is 30.3 Å². The molecule has 0 atom stereocenters. The molecule has 0 amide bonds. The van der Waals surface area contributed by atoms with Gasteiger partial charge in [0, 0.05) is 19.8 Å². The fraction of sp³-hybridized carbons (Fsp3) is 0.167. The molecule has 0 fully saturated rings. The van der Waals surface area contributed by atoms with Gasteiger partial charge in [-0.15, -0.1) is 15.3 Å². The minimum Gasteiger partial charge on any atom is -0.368 e. The molecule has 108 valence electrons. The summed E-state index contributed by atoms with van der Waals surface area (Å²) in [5, 5.41) is 16.9. The highest BCUT2D eigenvalue weighted by molar-refractivity contribution is 7.17. The minimum atomic E-state index is 0.279. The van der Waals surface area contributed by atoms with Gasteiger partial charge in [-0.05, 0) is 12.1 Å². The smallest absolute Gasteiger partial charge is 0.246 e. The van der Waals surface area contributed by atoms with E-state index in [0.717, 1.165) is 5.69 Å². The van der Waals surface area contributed by atoms with Crippen LogP contribution in [0.1, 0.15) is 0 Å². The Morgan fingerprint density at radius 2 is 1.95 bits per heavy atom. The summed E-state index contributed by atoms with van der Waals surface area (Å²) >= 11 is 1.35. The molecule has 2 heterocycles. The number of anilines is 4. The summed E-state index contributed by atoms with van der Waals surface area (Å²) in [5.41, 5.74) is 6.80. The average molecular weight is 302 g/mol. The minimum absolute atomic E-state index is 0.279. The monoisotopic (exact) mass is 302 g/mol. The maximum atomic E-state index is 5.85. The Morgan fingerprint density at radius 1 is 1.19 bits per heavy atom. The van der Waals surface area contributed by atoms with Crippen molar-refractivity contribution in [1.29, 1.82) is 0 Å². The summed E-state index contributed by atoms with van der Waals surface area (Å²) in [6.07, 6.45) is 0. The molecule has 0 unspecified atom stereocenters. The summed E-state index contributed by atoms with van der Waals surface area (Å²) in [4.78, 5) is 5.93. The summed E-state index contributed by atoms with van der Waals surface area (Å²) in [6, 6.07) is 9.76. The first-order valence-corrected chi connectivity index (χ1v) is 7.01. The Kier molecular flexibility index (Phi) is 3.40. The van der Waals surface area contributed by atoms with Crippen molar-refractivity contribution in [2.45, 2.75) is 0 Å². The van der Waals surface area contributed by atoms with Crippen molar-refractivity contribution >= 4 is 34.1 Å². The molecular weight excluding hydrogens is 288 g/mol. The SMILES string of the molecule is CN(C)c1nc(N)n(-c2nnc(Nc3ccccc3)s2)n1. The molecular formula is C12H14N8S. The van der Waals surface area contributed by atoms with Gasteiger partial charge in [-0.3, -0.25) is 0 Å². The van der Waals surface area contributed by atoms with Gasteiger partial charge in [0.15, 0.2) is 0 Å². The van der Waals surface area contributed by atoms with Crippen LogP contribution in [0.25, 0.3) is 5.13 Å². The van der Waals surface area contributed by atoms with Crippen LogP contribution in [0, 0.1) is 0 Å². The van der Waals surface area contributed by atoms with E-state index in [1.165, 1.54) is 16.0 Å². The molecule has 3 aromatic rings. The fourth-order valence-corrected chi connectivity index (χ4v) is 2.37. The van der Waals surface area contributed by atoms with Gasteiger partial charge in [0.25, 0.3) is 0 Å². The fourth-order valence-electron chi connectivity index (χ4n) is 1.64. The van der Waals surface area contributed by atoms with Crippen LogP contribution in [0.3, 0.4) is 0 Å². The molecule has 8 nitrogen and oxygen atoms in total. The zero-order valence-corrected chi connectivity index (χ0v) is 12.4. The quantitative estimate of drug-likeness (QED) is 0.753. The number of benzene rings is 1. The molecule has 0 saturated carbocycles. The maximum absolute atomic E-state index is 5.85. The molecule has 0 spiro atoms. The number of nitrogens with two attached hydrogens (primary N) is 1. The van der Waals surface area contributed by atoms with Crippen LogP contribution in [-0.4, -0.2) is 39.1 Å². The Bertz CT molecular complexity index is 733. The van der Waals surface area contributed by atoms with Crippen LogP contribution in [0.2, 0.25) is 0 Å². The standard InChI is InChI=1S/C12H14N8S/c1-19(2)10-15-9(13)20(18-10)12-17-16-11(21-12)14-8-6-4-3-5-7-8/h3-7H,1-2H3,(H,14,16)(H2,13,15,18). The number of rotatable bonds is 4. The normalized spacial score (nSPS) is 10.6. The lowest BCUT2D eigenvalue weighted by atomic mass is 10.3. The Hall–Kier alpha value is -2.68. The molecule has 21 heavy (non-hydrogen) atoms. The molecule has 0 aliphatic rings. The van der Waals surface area contributed by atoms with Gasteiger partial charge in [-0.2, -0.15) is 9.67 Å². The third-order valence-electron chi connectivity index (χ3n) is 2.64. The average Bonchev–Trinajstić information content (AvgIpc) is 3.06. The lowest BCUT2D eigenvalue weighted by Gasteiger charge is -2.03. The van der Waals surface area contributed by atoms with E-state index >= 15 is 0 Å². The van der Waals surface area contributed by atoms with E-state index < -0.39 is 0 Å². The Balaban J connectivity index is 1.85. The summed E-state index contributed by atoms with van der Waals surface area (Å²) in [7, 11) is 3.70. The highest BCUT2D eigenvalue weighted by Gasteiger charge is 2.14. The van der Waals surface area contributed by atoms with E-state index in [1.54, 1.807) is 4.90 Å². The van der Waals surface area contributed by atoms with Crippen LogP contribution < -0.4 is 16.0 Å². The molecule has 1 aromatic carbocycles. The highest BCUT2D eigenvalue weighted by atomic mass is 32.1. The van der Waals surface area contributed by atoms with Crippen molar-refractivity contribution in [3.63, 3.8) is 0 Å². The van der Waals surface area contributed by atoms with E-state index in [-0.39, 0.29) is 5.95 Å². The predicted octanol–water partition coefficient (Wildman–Crippen LogP) is 1.51. The van der Waals surface area contributed by atoms with E-state index in [1.807, 2.05) is 44.4 Å². The summed E-state index contributed by atoms with van der Waals surface area (Å²) < 4.78 is 1.48. The Morgan fingerprint density at radius 3 is 2.62 bits per heavy atom. The second-order valence-corrected chi connectivity index (χ2v) is 5.41. The van der Waals surface area contributed by atoms with Gasteiger partial charge in [-0.1, -0.05) is 29.5 Å². The first-order chi connectivity index (χ1) is 10.1. The van der Waals surface area contributed by atoms with Crippen LogP contribution in [0.15, 0.2) is 30.3 Å². The van der Waals surface area contributed by atoms with Crippen LogP contribution in [0.5, 0.6) is 0 Å². The molecule has 0 saturated heterocycles. The van der Waals surface area contributed by atoms with Gasteiger partial charge in [0.1, 0.15) is 0 Å². The molecule has 0 radical (unpaired) electrons. The molecule has 9 heteroatoms. The van der Waals surface area contributed by atoms with Crippen LogP contribution in [0.4, 0.5) is 22.7 Å². The van der Waals surface area contributed by atoms with Crippen molar-refractivity contribution in [1.82, 2.24) is 25.0 Å². The number of nitrogens with zero attached hydrogens (tertiary/aromatic N) is 6. The van der Waals surface area contributed by atoms with E-state index in [4.69, 9.17) is 5.73 Å². The predicted molar refractivity (Wildman–Crippen MR) is 83.3 cm³/mol. The van der Waals surface area contributed by atoms with Crippen LogP contribution in [-0.2, 0) is 0 Å². The summed E-state index contributed by atoms with van der Waals surface area (Å²) in [6.45, 7) is 0. The van der Waals surface area contributed by atoms with E-state index in [2.05, 4.69) is 25.6 Å². The number of hydrogen-bond acceptors (Lipinski definition) is 8. The van der Waals surface area contributed by atoms with Crippen molar-refractivity contribution < 1.29 is 0 Å². The van der Waals surface area contributed by atoms with Crippen LogP contribution >= 0.6 is 11.3 Å². The highest BCUT2D eigenvalue weighted by Crippen LogP contribution is 2.24. The first kappa shape index (κ1) is 13.3. The number of nitrogen functional groups attached to an aromatic ring is 1. The number of nitrogens with one attached hydrogen (secondary N) is 1. The van der Waals surface area contributed by atoms with Crippen molar-refractivity contribution in [2.75, 3.05) is 30.0 Å².